The van der Waals surface area contributed by atoms with E-state index in [2.05, 4.69) is 30.5 Å². The lowest BCUT2D eigenvalue weighted by Gasteiger charge is -2.19. The van der Waals surface area contributed by atoms with Gasteiger partial charge in [0.15, 0.2) is 5.82 Å². The summed E-state index contributed by atoms with van der Waals surface area (Å²) in [6, 6.07) is 4.74. The molecule has 0 aliphatic rings. The molecule has 4 heterocycles. The van der Waals surface area contributed by atoms with Crippen LogP contribution in [0.15, 0.2) is 43.0 Å². The van der Waals surface area contributed by atoms with Gasteiger partial charge in [0.05, 0.1) is 24.5 Å². The van der Waals surface area contributed by atoms with Gasteiger partial charge in [0, 0.05) is 42.3 Å². The Bertz CT molecular complexity index is 1320. The number of anilines is 2. The third-order valence-corrected chi connectivity index (χ3v) is 5.51. The number of rotatable bonds is 10. The topological polar surface area (TPSA) is 122 Å². The molecule has 4 aromatic rings. The minimum atomic E-state index is -2.73. The average molecular weight is 518 g/mol. The Morgan fingerprint density at radius 3 is 2.64 bits per heavy atom. The Hall–Kier alpha value is -3.80. The molecule has 0 spiro atoms. The molecule has 0 fully saturated rings. The number of ether oxygens (including phenoxy) is 1. The predicted octanol–water partition coefficient (Wildman–Crippen LogP) is 5.08. The fourth-order valence-corrected chi connectivity index (χ4v) is 3.69. The number of hydrogen-bond donors (Lipinski definition) is 2. The first-order valence-corrected chi connectivity index (χ1v) is 11.7. The largest absolute Gasteiger partial charge is 0.477 e. The highest BCUT2D eigenvalue weighted by molar-refractivity contribution is 6.29. The summed E-state index contributed by atoms with van der Waals surface area (Å²) in [6.45, 7) is 3.60. The molecule has 0 radical (unpaired) electrons. The second-order valence-electron chi connectivity index (χ2n) is 8.40. The van der Waals surface area contributed by atoms with Crippen LogP contribution in [0.5, 0.6) is 5.88 Å². The van der Waals surface area contributed by atoms with Gasteiger partial charge in [-0.25, -0.2) is 24.3 Å². The first-order chi connectivity index (χ1) is 17.2. The molecule has 10 nitrogen and oxygen atoms in total. The first-order valence-electron chi connectivity index (χ1n) is 11.3. The van der Waals surface area contributed by atoms with Crippen LogP contribution in [0, 0.1) is 0 Å². The number of nitrogen functional groups attached to an aromatic ring is 1. The maximum absolute atomic E-state index is 13.0. The lowest BCUT2D eigenvalue weighted by Crippen LogP contribution is -2.20. The van der Waals surface area contributed by atoms with Crippen molar-refractivity contribution in [3.63, 3.8) is 0 Å². The molecule has 1 atom stereocenters. The van der Waals surface area contributed by atoms with Crippen molar-refractivity contribution in [2.75, 3.05) is 17.7 Å². The number of aromatic nitrogens is 7. The fraction of sp³-hybridized carbons (Fsp3) is 0.348. The molecule has 0 aromatic carbocycles. The number of halogens is 3. The molecule has 0 saturated carbocycles. The third-order valence-electron chi connectivity index (χ3n) is 5.30. The van der Waals surface area contributed by atoms with Gasteiger partial charge in [-0.1, -0.05) is 11.6 Å². The smallest absolute Gasteiger partial charge is 0.333 e. The number of nitrogens with two attached hydrogens (primary N) is 1. The molecule has 0 saturated heterocycles. The molecule has 36 heavy (non-hydrogen) atoms. The van der Waals surface area contributed by atoms with Crippen LogP contribution < -0.4 is 15.8 Å². The first kappa shape index (κ1) is 25.3. The van der Waals surface area contributed by atoms with Crippen LogP contribution in [0.1, 0.15) is 39.8 Å². The number of nitrogens with one attached hydrogen (secondary N) is 1. The summed E-state index contributed by atoms with van der Waals surface area (Å²) in [4.78, 5) is 12.7. The summed E-state index contributed by atoms with van der Waals surface area (Å²) in [5.41, 5.74) is 8.02. The highest BCUT2D eigenvalue weighted by Crippen LogP contribution is 2.31. The van der Waals surface area contributed by atoms with E-state index in [1.54, 1.807) is 29.2 Å². The second-order valence-corrected chi connectivity index (χ2v) is 8.79. The van der Waals surface area contributed by atoms with E-state index in [4.69, 9.17) is 22.1 Å². The van der Waals surface area contributed by atoms with Gasteiger partial charge in [0.2, 0.25) is 5.88 Å². The van der Waals surface area contributed by atoms with E-state index < -0.39 is 6.55 Å². The Balaban J connectivity index is 1.47. The van der Waals surface area contributed by atoms with E-state index in [9.17, 15) is 8.78 Å². The van der Waals surface area contributed by atoms with E-state index in [1.165, 1.54) is 18.5 Å². The Kier molecular flexibility index (Phi) is 7.63. The molecule has 0 bridgehead atoms. The predicted molar refractivity (Wildman–Crippen MR) is 133 cm³/mol. The van der Waals surface area contributed by atoms with Crippen LogP contribution in [0.2, 0.25) is 5.15 Å². The van der Waals surface area contributed by atoms with Crippen LogP contribution in [-0.2, 0) is 0 Å². The van der Waals surface area contributed by atoms with Crippen molar-refractivity contribution in [2.45, 2.75) is 45.8 Å². The molecule has 190 valence electrons. The molecule has 0 unspecified atom stereocenters. The van der Waals surface area contributed by atoms with E-state index >= 15 is 0 Å². The zero-order chi connectivity index (χ0) is 25.8. The Morgan fingerprint density at radius 2 is 1.94 bits per heavy atom. The van der Waals surface area contributed by atoms with Crippen molar-refractivity contribution in [3.8, 4) is 28.5 Å². The number of nitrogens with zero attached hydrogens (tertiary/aromatic N) is 7. The van der Waals surface area contributed by atoms with Gasteiger partial charge >= 0.3 is 6.55 Å². The standard InChI is InChI=1S/C23H26ClF2N9O/c1-13(2)35-22(16(12-30-35)21-28-7-4-20(27)32-21)36-9-6-14(3)31-18-10-19(24)29-11-15(18)17-5-8-34(33-17)23(25)26/h4-5,7-8,10-14,23H,6,9H2,1-3H3,(H,29,31)(H2,27,28,32)/t14-/m0/s1. The highest BCUT2D eigenvalue weighted by Gasteiger charge is 2.19. The van der Waals surface area contributed by atoms with Crippen LogP contribution in [0.25, 0.3) is 22.6 Å². The monoisotopic (exact) mass is 517 g/mol. The molecule has 4 aromatic heterocycles. The summed E-state index contributed by atoms with van der Waals surface area (Å²) >= 11 is 6.10. The Morgan fingerprint density at radius 1 is 1.14 bits per heavy atom. The molecular weight excluding hydrogens is 492 g/mol. The van der Waals surface area contributed by atoms with E-state index in [1.807, 2.05) is 20.8 Å². The summed E-state index contributed by atoms with van der Waals surface area (Å²) in [5, 5.41) is 12.0. The number of alkyl halides is 2. The molecule has 4 rings (SSSR count). The molecule has 0 aliphatic heterocycles. The van der Waals surface area contributed by atoms with E-state index in [0.717, 1.165) is 0 Å². The zero-order valence-corrected chi connectivity index (χ0v) is 20.7. The van der Waals surface area contributed by atoms with Crippen LogP contribution in [0.4, 0.5) is 20.3 Å². The highest BCUT2D eigenvalue weighted by atomic mass is 35.5. The number of pyridine rings is 1. The van der Waals surface area contributed by atoms with Crippen LogP contribution >= 0.6 is 11.6 Å². The van der Waals surface area contributed by atoms with Crippen molar-refractivity contribution >= 4 is 23.1 Å². The third kappa shape index (κ3) is 5.70. The quantitative estimate of drug-likeness (QED) is 0.279. The summed E-state index contributed by atoms with van der Waals surface area (Å²) in [6.07, 6.45) is 6.57. The fourth-order valence-electron chi connectivity index (χ4n) is 3.53. The lowest BCUT2D eigenvalue weighted by atomic mass is 10.1. The normalized spacial score (nSPS) is 12.3. The van der Waals surface area contributed by atoms with Gasteiger partial charge in [-0.3, -0.25) is 0 Å². The van der Waals surface area contributed by atoms with Crippen molar-refractivity contribution in [1.29, 1.82) is 0 Å². The van der Waals surface area contributed by atoms with Crippen molar-refractivity contribution in [2.24, 2.45) is 0 Å². The van der Waals surface area contributed by atoms with Crippen molar-refractivity contribution in [1.82, 2.24) is 34.5 Å². The lowest BCUT2D eigenvalue weighted by molar-refractivity contribution is 0.0568. The molecule has 13 heteroatoms. The molecule has 0 aliphatic carbocycles. The van der Waals surface area contributed by atoms with E-state index in [-0.39, 0.29) is 17.2 Å². The second kappa shape index (κ2) is 10.9. The SMILES string of the molecule is CC(C)n1ncc(-c2nccc(N)n2)c1OCC[C@H](C)Nc1cc(Cl)ncc1-c1ccn(C(F)F)n1. The summed E-state index contributed by atoms with van der Waals surface area (Å²) < 4.78 is 34.4. The van der Waals surface area contributed by atoms with Crippen LogP contribution in [-0.4, -0.2) is 47.2 Å². The average Bonchev–Trinajstić information content (AvgIpc) is 3.47. The van der Waals surface area contributed by atoms with Gasteiger partial charge in [-0.15, -0.1) is 0 Å². The van der Waals surface area contributed by atoms with E-state index in [0.29, 0.717) is 57.7 Å². The Labute approximate surface area is 211 Å². The van der Waals surface area contributed by atoms with Gasteiger partial charge < -0.3 is 15.8 Å². The molecule has 3 N–H and O–H groups in total. The van der Waals surface area contributed by atoms with Crippen LogP contribution in [0.3, 0.4) is 0 Å². The molecular formula is C23H26ClF2N9O. The molecule has 0 amide bonds. The minimum absolute atomic E-state index is 0.0555. The van der Waals surface area contributed by atoms with Gasteiger partial charge in [-0.2, -0.15) is 19.0 Å². The number of hydrogen-bond acceptors (Lipinski definition) is 8. The van der Waals surface area contributed by atoms with Gasteiger partial charge in [-0.05, 0) is 39.0 Å². The van der Waals surface area contributed by atoms with Gasteiger partial charge in [0.25, 0.3) is 0 Å². The maximum atomic E-state index is 13.0. The summed E-state index contributed by atoms with van der Waals surface area (Å²) in [5.74, 6) is 1.33. The minimum Gasteiger partial charge on any atom is -0.477 e. The zero-order valence-electron chi connectivity index (χ0n) is 19.9. The van der Waals surface area contributed by atoms with Crippen molar-refractivity contribution in [3.05, 3.63) is 48.1 Å². The maximum Gasteiger partial charge on any atom is 0.333 e. The summed E-state index contributed by atoms with van der Waals surface area (Å²) in [7, 11) is 0. The van der Waals surface area contributed by atoms with Gasteiger partial charge in [0.1, 0.15) is 16.5 Å². The van der Waals surface area contributed by atoms with Crippen molar-refractivity contribution < 1.29 is 13.5 Å².